The number of pyridine rings is 1. The topological polar surface area (TPSA) is 137 Å². The Hall–Kier alpha value is -1.15. The van der Waals surface area contributed by atoms with E-state index in [1.54, 1.807) is 22.9 Å². The molecule has 0 aromatic carbocycles. The second kappa shape index (κ2) is 6.74. The molecule has 1 aliphatic rings. The monoisotopic (exact) mass is 317 g/mol. The number of aliphatic hydroxyl groups is 2. The van der Waals surface area contributed by atoms with Crippen LogP contribution in [0.1, 0.15) is 22.8 Å². The van der Waals surface area contributed by atoms with Gasteiger partial charge in [-0.3, -0.25) is 4.79 Å². The maximum absolute atomic E-state index is 11.2. The van der Waals surface area contributed by atoms with Gasteiger partial charge >= 0.3 is 8.60 Å². The van der Waals surface area contributed by atoms with Gasteiger partial charge in [0.1, 0.15) is 11.7 Å². The Bertz CT molecular complexity index is 514. The number of rotatable bonds is 5. The maximum Gasteiger partial charge on any atom is 0.327 e. The second-order valence-corrected chi connectivity index (χ2v) is 5.76. The van der Waals surface area contributed by atoms with E-state index in [-0.39, 0.29) is 6.61 Å². The van der Waals surface area contributed by atoms with Crippen molar-refractivity contribution in [2.24, 2.45) is 11.7 Å². The van der Waals surface area contributed by atoms with Crippen LogP contribution < -0.4 is 10.3 Å². The summed E-state index contributed by atoms with van der Waals surface area (Å²) in [6.45, 7) is -0.0660. The molecule has 0 aliphatic heterocycles. The van der Waals surface area contributed by atoms with Gasteiger partial charge in [-0.1, -0.05) is 0 Å². The molecule has 8 nitrogen and oxygen atoms in total. The molecule has 0 bridgehead atoms. The Morgan fingerprint density at radius 3 is 2.76 bits per heavy atom. The fourth-order valence-corrected chi connectivity index (χ4v) is 2.89. The van der Waals surface area contributed by atoms with Crippen molar-refractivity contribution in [1.29, 1.82) is 0 Å². The van der Waals surface area contributed by atoms with E-state index in [1.165, 1.54) is 6.20 Å². The number of aromatic nitrogens is 1. The number of aliphatic hydroxyl groups excluding tert-OH is 2. The molecule has 1 heterocycles. The smallest absolute Gasteiger partial charge is 0.327 e. The third-order valence-corrected chi connectivity index (χ3v) is 4.05. The highest BCUT2D eigenvalue weighted by atomic mass is 31.2. The second-order valence-electron chi connectivity index (χ2n) is 5.00. The molecule has 1 saturated carbocycles. The van der Waals surface area contributed by atoms with Gasteiger partial charge in [0.25, 0.3) is 5.91 Å². The van der Waals surface area contributed by atoms with E-state index in [1.807, 2.05) is 0 Å². The number of carbonyl (C=O) groups excluding carboxylic acids is 1. The Kier molecular flexibility index (Phi) is 5.21. The SMILES string of the molecule is NC(=O)c1ccc[n+](C2CC(COP(O)O)C(O)C2O)c1. The van der Waals surface area contributed by atoms with Gasteiger partial charge in [-0.25, -0.2) is 0 Å². The molecular weight excluding hydrogens is 299 g/mol. The number of carbonyl (C=O) groups is 1. The summed E-state index contributed by atoms with van der Waals surface area (Å²) in [5, 5.41) is 20.1. The highest BCUT2D eigenvalue weighted by molar-refractivity contribution is 7.39. The number of hydrogen-bond acceptors (Lipinski definition) is 6. The molecule has 21 heavy (non-hydrogen) atoms. The lowest BCUT2D eigenvalue weighted by molar-refractivity contribution is -0.728. The van der Waals surface area contributed by atoms with E-state index >= 15 is 0 Å². The maximum atomic E-state index is 11.2. The van der Waals surface area contributed by atoms with Crippen LogP contribution in [0.4, 0.5) is 0 Å². The first-order valence-electron chi connectivity index (χ1n) is 6.37. The number of nitrogens with two attached hydrogens (primary N) is 1. The molecule has 1 aromatic rings. The first-order valence-corrected chi connectivity index (χ1v) is 7.54. The Labute approximate surface area is 122 Å². The average Bonchev–Trinajstić information content (AvgIpc) is 2.73. The van der Waals surface area contributed by atoms with Gasteiger partial charge in [0, 0.05) is 18.4 Å². The zero-order valence-electron chi connectivity index (χ0n) is 11.1. The van der Waals surface area contributed by atoms with Crippen LogP contribution in [0.25, 0.3) is 0 Å². The van der Waals surface area contributed by atoms with Gasteiger partial charge in [-0.15, -0.1) is 0 Å². The van der Waals surface area contributed by atoms with Gasteiger partial charge in [0.2, 0.25) is 0 Å². The van der Waals surface area contributed by atoms with Crippen molar-refractivity contribution in [3.8, 4) is 0 Å². The predicted octanol–water partition coefficient (Wildman–Crippen LogP) is -1.42. The lowest BCUT2D eigenvalue weighted by Crippen LogP contribution is -2.45. The van der Waals surface area contributed by atoms with Crippen molar-refractivity contribution < 1.29 is 33.9 Å². The van der Waals surface area contributed by atoms with Crippen molar-refractivity contribution in [3.63, 3.8) is 0 Å². The summed E-state index contributed by atoms with van der Waals surface area (Å²) < 4.78 is 6.33. The summed E-state index contributed by atoms with van der Waals surface area (Å²) in [6, 6.07) is 2.74. The van der Waals surface area contributed by atoms with Crippen molar-refractivity contribution in [2.45, 2.75) is 24.7 Å². The van der Waals surface area contributed by atoms with E-state index in [9.17, 15) is 15.0 Å². The van der Waals surface area contributed by atoms with Crippen LogP contribution in [0.2, 0.25) is 0 Å². The summed E-state index contributed by atoms with van der Waals surface area (Å²) in [7, 11) is -2.49. The van der Waals surface area contributed by atoms with Crippen LogP contribution in [-0.4, -0.2) is 44.7 Å². The molecule has 2 rings (SSSR count). The molecule has 4 atom stereocenters. The number of amides is 1. The molecule has 0 radical (unpaired) electrons. The van der Waals surface area contributed by atoms with Crippen LogP contribution in [0.3, 0.4) is 0 Å². The van der Waals surface area contributed by atoms with E-state index in [4.69, 9.17) is 20.0 Å². The molecule has 1 aromatic heterocycles. The minimum Gasteiger partial charge on any atom is -0.390 e. The van der Waals surface area contributed by atoms with Crippen molar-refractivity contribution >= 4 is 14.5 Å². The molecular formula is C12H18N2O6P+. The Morgan fingerprint density at radius 1 is 1.43 bits per heavy atom. The van der Waals surface area contributed by atoms with Gasteiger partial charge in [0.15, 0.2) is 18.4 Å². The summed E-state index contributed by atoms with van der Waals surface area (Å²) >= 11 is 0. The molecule has 1 fully saturated rings. The van der Waals surface area contributed by atoms with Crippen LogP contribution >= 0.6 is 8.60 Å². The van der Waals surface area contributed by atoms with Gasteiger partial charge in [0.05, 0.1) is 12.7 Å². The first kappa shape index (κ1) is 16.2. The normalized spacial score (nSPS) is 29.0. The summed E-state index contributed by atoms with van der Waals surface area (Å²) in [5.41, 5.74) is 5.51. The number of hydrogen-bond donors (Lipinski definition) is 5. The standard InChI is InChI=1S/C12H17N2O6P/c13-12(17)7-2-1-3-14(5-7)9-4-8(6-20-21(18)19)10(15)11(9)16/h1-3,5,8-11,15-16,18-19H,4,6H2,(H-,13,17)/p+1. The van der Waals surface area contributed by atoms with Gasteiger partial charge in [-0.2, -0.15) is 4.57 Å². The van der Waals surface area contributed by atoms with Crippen LogP contribution in [-0.2, 0) is 4.52 Å². The fraction of sp³-hybridized carbons (Fsp3) is 0.500. The lowest BCUT2D eigenvalue weighted by Gasteiger charge is -2.15. The van der Waals surface area contributed by atoms with Gasteiger partial charge < -0.3 is 30.3 Å². The van der Waals surface area contributed by atoms with Crippen LogP contribution in [0.15, 0.2) is 24.5 Å². The molecule has 1 aliphatic carbocycles. The van der Waals surface area contributed by atoms with E-state index in [2.05, 4.69) is 0 Å². The van der Waals surface area contributed by atoms with E-state index < -0.39 is 38.7 Å². The predicted molar refractivity (Wildman–Crippen MR) is 71.6 cm³/mol. The fourth-order valence-electron chi connectivity index (χ4n) is 2.57. The number of primary amides is 1. The van der Waals surface area contributed by atoms with Crippen LogP contribution in [0, 0.1) is 5.92 Å². The average molecular weight is 317 g/mol. The van der Waals surface area contributed by atoms with E-state index in [0.717, 1.165) is 0 Å². The molecule has 6 N–H and O–H groups in total. The molecule has 116 valence electrons. The van der Waals surface area contributed by atoms with Crippen molar-refractivity contribution in [2.75, 3.05) is 6.61 Å². The molecule has 0 saturated heterocycles. The molecule has 1 amide bonds. The largest absolute Gasteiger partial charge is 0.390 e. The quantitative estimate of drug-likeness (QED) is 0.334. The molecule has 9 heteroatoms. The van der Waals surface area contributed by atoms with Crippen molar-refractivity contribution in [3.05, 3.63) is 30.1 Å². The number of nitrogens with zero attached hydrogens (tertiary/aromatic N) is 1. The summed E-state index contributed by atoms with van der Waals surface area (Å²) in [6.07, 6.45) is 1.46. The third kappa shape index (κ3) is 3.74. The lowest BCUT2D eigenvalue weighted by atomic mass is 10.1. The van der Waals surface area contributed by atoms with Crippen molar-refractivity contribution in [1.82, 2.24) is 0 Å². The highest BCUT2D eigenvalue weighted by Gasteiger charge is 2.47. The first-order chi connectivity index (χ1) is 9.90. The van der Waals surface area contributed by atoms with Crippen LogP contribution in [0.5, 0.6) is 0 Å². The molecule has 0 spiro atoms. The summed E-state index contributed by atoms with van der Waals surface area (Å²) in [4.78, 5) is 28.7. The highest BCUT2D eigenvalue weighted by Crippen LogP contribution is 2.35. The minimum absolute atomic E-state index is 0.0660. The zero-order valence-corrected chi connectivity index (χ0v) is 12.0. The zero-order chi connectivity index (χ0) is 15.6. The third-order valence-electron chi connectivity index (χ3n) is 3.67. The Balaban J connectivity index is 2.13. The molecule has 4 unspecified atom stereocenters. The summed E-state index contributed by atoms with van der Waals surface area (Å²) in [5.74, 6) is -1.01. The Morgan fingerprint density at radius 2 is 2.14 bits per heavy atom. The minimum atomic E-state index is -2.49. The van der Waals surface area contributed by atoms with Gasteiger partial charge in [-0.05, 0) is 6.07 Å². The van der Waals surface area contributed by atoms with E-state index in [0.29, 0.717) is 12.0 Å².